The number of anilines is 1. The molecular formula is C28H23ClN2O4S. The van der Waals surface area contributed by atoms with E-state index < -0.39 is 17.7 Å². The zero-order valence-electron chi connectivity index (χ0n) is 19.7. The first kappa shape index (κ1) is 24.0. The van der Waals surface area contributed by atoms with Crippen LogP contribution in [0.25, 0.3) is 16.0 Å². The molecule has 2 heterocycles. The highest BCUT2D eigenvalue weighted by Crippen LogP contribution is 2.44. The first-order valence-corrected chi connectivity index (χ1v) is 12.8. The van der Waals surface area contributed by atoms with Crippen LogP contribution in [0, 0.1) is 0 Å². The van der Waals surface area contributed by atoms with Crippen LogP contribution in [0.1, 0.15) is 36.6 Å². The number of Topliss-reactive ketones (excluding diaryl/α,β-unsaturated/α-hetero) is 1. The minimum absolute atomic E-state index is 0.0140. The van der Waals surface area contributed by atoms with E-state index in [4.69, 9.17) is 16.3 Å². The summed E-state index contributed by atoms with van der Waals surface area (Å²) < 4.78 is 6.40. The number of carbonyl (C=O) groups excluding carboxylic acids is 2. The average molecular weight is 519 g/mol. The second-order valence-corrected chi connectivity index (χ2v) is 9.78. The molecule has 6 nitrogen and oxygen atoms in total. The number of aliphatic hydroxyl groups excluding tert-OH is 1. The maximum Gasteiger partial charge on any atom is 0.301 e. The molecule has 3 aromatic carbocycles. The number of rotatable bonds is 6. The zero-order chi connectivity index (χ0) is 25.4. The molecule has 1 saturated heterocycles. The molecule has 1 aliphatic rings. The van der Waals surface area contributed by atoms with Crippen molar-refractivity contribution in [1.82, 2.24) is 4.98 Å². The highest BCUT2D eigenvalue weighted by molar-refractivity contribution is 7.22. The van der Waals surface area contributed by atoms with Crippen LogP contribution in [0.15, 0.2) is 72.3 Å². The van der Waals surface area contributed by atoms with Crippen LogP contribution in [-0.2, 0) is 16.0 Å². The molecule has 182 valence electrons. The molecule has 1 aromatic heterocycles. The molecule has 1 fully saturated rings. The summed E-state index contributed by atoms with van der Waals surface area (Å²) in [4.78, 5) is 32.8. The number of aliphatic hydroxyl groups is 1. The standard InChI is InChI=1S/C28H23ClN2O4S/c1-3-16-8-13-21-22(14-16)36-28(30-21)31-24(18-6-5-7-19(29)15-18)23(26(33)27(31)34)25(32)17-9-11-20(12-10-17)35-4-2/h5-15,24,32H,3-4H2,1-2H3/b25-23+/t24-/m1/s1. The van der Waals surface area contributed by atoms with Crippen molar-refractivity contribution >= 4 is 55.7 Å². The SMILES string of the molecule is CCOc1ccc(/C(O)=C2\C(=O)C(=O)N(c3nc4ccc(CC)cc4s3)[C@@H]2c2cccc(Cl)c2)cc1. The van der Waals surface area contributed by atoms with Gasteiger partial charge in [0.25, 0.3) is 5.78 Å². The van der Waals surface area contributed by atoms with Gasteiger partial charge in [-0.15, -0.1) is 0 Å². The van der Waals surface area contributed by atoms with Crippen molar-refractivity contribution in [3.8, 4) is 5.75 Å². The monoisotopic (exact) mass is 518 g/mol. The number of fused-ring (bicyclic) bond motifs is 1. The fraction of sp³-hybridized carbons (Fsp3) is 0.179. The summed E-state index contributed by atoms with van der Waals surface area (Å²) in [6.45, 7) is 4.46. The normalized spacial score (nSPS) is 17.2. The van der Waals surface area contributed by atoms with Crippen molar-refractivity contribution in [2.75, 3.05) is 11.5 Å². The van der Waals surface area contributed by atoms with Gasteiger partial charge in [-0.3, -0.25) is 14.5 Å². The van der Waals surface area contributed by atoms with Crippen molar-refractivity contribution in [1.29, 1.82) is 0 Å². The number of thiazole rings is 1. The number of aryl methyl sites for hydroxylation is 1. The molecule has 8 heteroatoms. The summed E-state index contributed by atoms with van der Waals surface area (Å²) in [5.74, 6) is -1.15. The number of halogens is 1. The van der Waals surface area contributed by atoms with Gasteiger partial charge in [-0.2, -0.15) is 0 Å². The fourth-order valence-electron chi connectivity index (χ4n) is 4.33. The Kier molecular flexibility index (Phi) is 6.51. The lowest BCUT2D eigenvalue weighted by Gasteiger charge is -2.23. The number of nitrogens with zero attached hydrogens (tertiary/aromatic N) is 2. The Morgan fingerprint density at radius 3 is 2.56 bits per heavy atom. The Hall–Kier alpha value is -3.68. The number of ether oxygens (including phenoxy) is 1. The van der Waals surface area contributed by atoms with E-state index in [-0.39, 0.29) is 11.3 Å². The van der Waals surface area contributed by atoms with E-state index in [0.717, 1.165) is 22.2 Å². The molecule has 36 heavy (non-hydrogen) atoms. The van der Waals surface area contributed by atoms with Crippen molar-refractivity contribution in [2.45, 2.75) is 26.3 Å². The number of hydrogen-bond acceptors (Lipinski definition) is 6. The largest absolute Gasteiger partial charge is 0.507 e. The van der Waals surface area contributed by atoms with E-state index in [1.807, 2.05) is 25.1 Å². The maximum absolute atomic E-state index is 13.4. The molecule has 1 amide bonds. The third-order valence-corrected chi connectivity index (χ3v) is 7.36. The van der Waals surface area contributed by atoms with Gasteiger partial charge >= 0.3 is 5.91 Å². The molecule has 0 spiro atoms. The molecule has 0 aliphatic carbocycles. The number of carbonyl (C=O) groups is 2. The van der Waals surface area contributed by atoms with Crippen molar-refractivity contribution < 1.29 is 19.4 Å². The Balaban J connectivity index is 1.68. The third-order valence-electron chi connectivity index (χ3n) is 6.10. The summed E-state index contributed by atoms with van der Waals surface area (Å²) in [7, 11) is 0. The predicted octanol–water partition coefficient (Wildman–Crippen LogP) is 6.54. The predicted molar refractivity (Wildman–Crippen MR) is 143 cm³/mol. The molecule has 0 saturated carbocycles. The molecule has 1 aliphatic heterocycles. The minimum atomic E-state index is -0.888. The van der Waals surface area contributed by atoms with E-state index in [1.54, 1.807) is 48.5 Å². The number of amides is 1. The topological polar surface area (TPSA) is 79.7 Å². The Morgan fingerprint density at radius 1 is 1.08 bits per heavy atom. The summed E-state index contributed by atoms with van der Waals surface area (Å²) in [6, 6.07) is 18.8. The van der Waals surface area contributed by atoms with Gasteiger partial charge in [0.05, 0.1) is 28.4 Å². The lowest BCUT2D eigenvalue weighted by molar-refractivity contribution is -0.132. The van der Waals surface area contributed by atoms with Crippen LogP contribution in [0.5, 0.6) is 5.75 Å². The van der Waals surface area contributed by atoms with Gasteiger partial charge in [0.2, 0.25) is 0 Å². The van der Waals surface area contributed by atoms with Crippen LogP contribution in [0.4, 0.5) is 5.13 Å². The number of hydrogen-bond donors (Lipinski definition) is 1. The first-order chi connectivity index (χ1) is 17.4. The van der Waals surface area contributed by atoms with E-state index in [2.05, 4.69) is 11.9 Å². The zero-order valence-corrected chi connectivity index (χ0v) is 21.3. The van der Waals surface area contributed by atoms with Crippen LogP contribution in [0.3, 0.4) is 0 Å². The molecule has 0 unspecified atom stereocenters. The Bertz CT molecular complexity index is 1510. The number of ketones is 1. The lowest BCUT2D eigenvalue weighted by Crippen LogP contribution is -2.29. The fourth-order valence-corrected chi connectivity index (χ4v) is 5.59. The van der Waals surface area contributed by atoms with E-state index in [9.17, 15) is 14.7 Å². The van der Waals surface area contributed by atoms with Gasteiger partial charge in [0.15, 0.2) is 5.13 Å². The quantitative estimate of drug-likeness (QED) is 0.178. The molecule has 4 aromatic rings. The van der Waals surface area contributed by atoms with Crippen molar-refractivity contribution in [3.05, 3.63) is 94.0 Å². The van der Waals surface area contributed by atoms with Gasteiger partial charge in [-0.05, 0) is 73.0 Å². The third kappa shape index (κ3) is 4.25. The average Bonchev–Trinajstić information content (AvgIpc) is 3.42. The molecule has 0 bridgehead atoms. The smallest absolute Gasteiger partial charge is 0.301 e. The van der Waals surface area contributed by atoms with Crippen LogP contribution in [0.2, 0.25) is 5.02 Å². The maximum atomic E-state index is 13.4. The second kappa shape index (κ2) is 9.76. The molecule has 1 N–H and O–H groups in total. The summed E-state index contributed by atoms with van der Waals surface area (Å²) >= 11 is 7.62. The van der Waals surface area contributed by atoms with E-state index >= 15 is 0 Å². The Labute approximate surface area is 217 Å². The highest BCUT2D eigenvalue weighted by atomic mass is 35.5. The van der Waals surface area contributed by atoms with E-state index in [1.165, 1.54) is 16.2 Å². The Morgan fingerprint density at radius 2 is 1.86 bits per heavy atom. The summed E-state index contributed by atoms with van der Waals surface area (Å²) in [5, 5.41) is 12.1. The first-order valence-electron chi connectivity index (χ1n) is 11.6. The highest BCUT2D eigenvalue weighted by Gasteiger charge is 2.48. The van der Waals surface area contributed by atoms with Crippen molar-refractivity contribution in [3.63, 3.8) is 0 Å². The van der Waals surface area contributed by atoms with Gasteiger partial charge < -0.3 is 9.84 Å². The van der Waals surface area contributed by atoms with Gasteiger partial charge in [-0.25, -0.2) is 4.98 Å². The van der Waals surface area contributed by atoms with Gasteiger partial charge in [-0.1, -0.05) is 48.1 Å². The summed E-state index contributed by atoms with van der Waals surface area (Å²) in [5.41, 5.74) is 2.88. The molecule has 0 radical (unpaired) electrons. The van der Waals surface area contributed by atoms with E-state index in [0.29, 0.717) is 33.6 Å². The lowest BCUT2D eigenvalue weighted by atomic mass is 9.95. The van der Waals surface area contributed by atoms with Crippen LogP contribution >= 0.6 is 22.9 Å². The minimum Gasteiger partial charge on any atom is -0.507 e. The molecule has 5 rings (SSSR count). The van der Waals surface area contributed by atoms with Crippen LogP contribution in [-0.4, -0.2) is 28.4 Å². The van der Waals surface area contributed by atoms with Gasteiger partial charge in [0, 0.05) is 10.6 Å². The molecular weight excluding hydrogens is 496 g/mol. The van der Waals surface area contributed by atoms with Crippen molar-refractivity contribution in [2.24, 2.45) is 0 Å². The number of aromatic nitrogens is 1. The second-order valence-electron chi connectivity index (χ2n) is 8.33. The van der Waals surface area contributed by atoms with Crippen LogP contribution < -0.4 is 9.64 Å². The summed E-state index contributed by atoms with van der Waals surface area (Å²) in [6.07, 6.45) is 0.873. The number of benzene rings is 3. The molecule has 1 atom stereocenters. The van der Waals surface area contributed by atoms with Gasteiger partial charge in [0.1, 0.15) is 11.5 Å².